The van der Waals surface area contributed by atoms with E-state index in [4.69, 9.17) is 0 Å². The van der Waals surface area contributed by atoms with Crippen LogP contribution in [0.5, 0.6) is 0 Å². The van der Waals surface area contributed by atoms with E-state index in [0.29, 0.717) is 32.5 Å². The third-order valence-electron chi connectivity index (χ3n) is 4.24. The zero-order valence-corrected chi connectivity index (χ0v) is 14.3. The lowest BCUT2D eigenvalue weighted by Crippen LogP contribution is -2.42. The van der Waals surface area contributed by atoms with Gasteiger partial charge in [-0.3, -0.25) is 4.79 Å². The van der Waals surface area contributed by atoms with Gasteiger partial charge in [-0.05, 0) is 44.7 Å². The van der Waals surface area contributed by atoms with Gasteiger partial charge in [0, 0.05) is 36.9 Å². The predicted molar refractivity (Wildman–Crippen MR) is 86.1 cm³/mol. The van der Waals surface area contributed by atoms with Crippen LogP contribution in [0, 0.1) is 19.8 Å². The molecule has 0 aliphatic carbocycles. The number of H-pyrrole nitrogens is 1. The van der Waals surface area contributed by atoms with Gasteiger partial charge in [0.2, 0.25) is 15.9 Å². The van der Waals surface area contributed by atoms with Crippen LogP contribution in [0.25, 0.3) is 0 Å². The van der Waals surface area contributed by atoms with Gasteiger partial charge in [0.15, 0.2) is 0 Å². The minimum absolute atomic E-state index is 0.0399. The van der Waals surface area contributed by atoms with E-state index < -0.39 is 10.0 Å². The van der Waals surface area contributed by atoms with Crippen molar-refractivity contribution >= 4 is 15.9 Å². The van der Waals surface area contributed by atoms with Crippen LogP contribution in [-0.2, 0) is 21.2 Å². The number of sulfonamides is 1. The van der Waals surface area contributed by atoms with Crippen LogP contribution in [0.3, 0.4) is 0 Å². The number of piperidine rings is 1. The molecule has 1 aromatic rings. The van der Waals surface area contributed by atoms with Crippen LogP contribution in [0.2, 0.25) is 0 Å². The maximum Gasteiger partial charge on any atom is 0.223 e. The average molecular weight is 327 g/mol. The quantitative estimate of drug-likeness (QED) is 0.845. The standard InChI is InChI=1S/C15H25N3O3S/c1-11-10-14(12(2)17-11)4-7-16-15(19)13-5-8-18(9-6-13)22(3,20)21/h10,13,17H,4-9H2,1-3H3,(H,16,19). The fourth-order valence-electron chi connectivity index (χ4n) is 2.96. The van der Waals surface area contributed by atoms with Gasteiger partial charge in [0.25, 0.3) is 0 Å². The van der Waals surface area contributed by atoms with Crippen molar-refractivity contribution in [1.29, 1.82) is 0 Å². The Hall–Kier alpha value is -1.34. The molecule has 0 unspecified atom stereocenters. The molecular weight excluding hydrogens is 302 g/mol. The van der Waals surface area contributed by atoms with Gasteiger partial charge in [-0.15, -0.1) is 0 Å². The number of nitrogens with zero attached hydrogens (tertiary/aromatic N) is 1. The first-order chi connectivity index (χ1) is 10.3. The molecule has 0 atom stereocenters. The van der Waals surface area contributed by atoms with Gasteiger partial charge in [0.05, 0.1) is 6.26 Å². The summed E-state index contributed by atoms with van der Waals surface area (Å²) in [7, 11) is -3.13. The SMILES string of the molecule is Cc1cc(CCNC(=O)C2CCN(S(C)(=O)=O)CC2)c(C)[nH]1. The molecule has 0 aromatic carbocycles. The van der Waals surface area contributed by atoms with Gasteiger partial charge in [-0.25, -0.2) is 12.7 Å². The predicted octanol–water partition coefficient (Wildman–Crippen LogP) is 0.962. The molecule has 1 fully saturated rings. The van der Waals surface area contributed by atoms with Gasteiger partial charge in [-0.2, -0.15) is 0 Å². The van der Waals surface area contributed by atoms with Crippen molar-refractivity contribution in [2.45, 2.75) is 33.1 Å². The first-order valence-corrected chi connectivity index (χ1v) is 9.50. The number of rotatable bonds is 5. The molecule has 2 rings (SSSR count). The monoisotopic (exact) mass is 327 g/mol. The van der Waals surface area contributed by atoms with E-state index in [1.165, 1.54) is 16.1 Å². The molecule has 1 aliphatic rings. The molecule has 7 heteroatoms. The third kappa shape index (κ3) is 4.33. The number of aryl methyl sites for hydroxylation is 2. The summed E-state index contributed by atoms with van der Waals surface area (Å²) < 4.78 is 24.3. The molecule has 6 nitrogen and oxygen atoms in total. The topological polar surface area (TPSA) is 82.3 Å². The molecule has 0 radical (unpaired) electrons. The lowest BCUT2D eigenvalue weighted by Gasteiger charge is -2.29. The van der Waals surface area contributed by atoms with E-state index in [1.54, 1.807) is 0 Å². The smallest absolute Gasteiger partial charge is 0.223 e. The molecule has 1 amide bonds. The first-order valence-electron chi connectivity index (χ1n) is 7.65. The molecule has 0 spiro atoms. The van der Waals surface area contributed by atoms with Crippen LogP contribution in [0.15, 0.2) is 6.07 Å². The molecule has 124 valence electrons. The molecule has 0 bridgehead atoms. The second-order valence-electron chi connectivity index (χ2n) is 6.08. The fourth-order valence-corrected chi connectivity index (χ4v) is 3.83. The highest BCUT2D eigenvalue weighted by Crippen LogP contribution is 2.19. The normalized spacial score (nSPS) is 17.6. The number of nitrogens with one attached hydrogen (secondary N) is 2. The van der Waals surface area contributed by atoms with Gasteiger partial charge >= 0.3 is 0 Å². The van der Waals surface area contributed by atoms with Crippen molar-refractivity contribution in [3.05, 3.63) is 23.0 Å². The second-order valence-corrected chi connectivity index (χ2v) is 8.06. The summed E-state index contributed by atoms with van der Waals surface area (Å²) in [5, 5.41) is 2.97. The van der Waals surface area contributed by atoms with Crippen molar-refractivity contribution in [2.24, 2.45) is 5.92 Å². The Balaban J connectivity index is 1.76. The lowest BCUT2D eigenvalue weighted by molar-refractivity contribution is -0.126. The Morgan fingerprint density at radius 3 is 2.50 bits per heavy atom. The summed E-state index contributed by atoms with van der Waals surface area (Å²) in [5.41, 5.74) is 3.50. The Morgan fingerprint density at radius 1 is 1.36 bits per heavy atom. The van der Waals surface area contributed by atoms with Crippen molar-refractivity contribution in [3.63, 3.8) is 0 Å². The first kappa shape index (κ1) is 17.0. The minimum Gasteiger partial charge on any atom is -0.362 e. The maximum absolute atomic E-state index is 12.1. The maximum atomic E-state index is 12.1. The molecule has 2 heterocycles. The number of carbonyl (C=O) groups excluding carboxylic acids is 1. The molecular formula is C15H25N3O3S. The number of amides is 1. The van der Waals surface area contributed by atoms with Crippen LogP contribution >= 0.6 is 0 Å². The minimum atomic E-state index is -3.13. The number of aromatic amines is 1. The van der Waals surface area contributed by atoms with Crippen molar-refractivity contribution in [1.82, 2.24) is 14.6 Å². The Bertz CT molecular complexity index is 628. The highest BCUT2D eigenvalue weighted by Gasteiger charge is 2.28. The van der Waals surface area contributed by atoms with Crippen LogP contribution in [-0.4, -0.2) is 49.5 Å². The molecule has 0 saturated carbocycles. The number of hydrogen-bond acceptors (Lipinski definition) is 3. The highest BCUT2D eigenvalue weighted by atomic mass is 32.2. The number of carbonyl (C=O) groups is 1. The molecule has 1 aliphatic heterocycles. The van der Waals surface area contributed by atoms with E-state index in [-0.39, 0.29) is 11.8 Å². The molecule has 1 saturated heterocycles. The van der Waals surface area contributed by atoms with E-state index >= 15 is 0 Å². The Kier molecular flexibility index (Phi) is 5.28. The summed E-state index contributed by atoms with van der Waals surface area (Å²) in [5.74, 6) is -0.0369. The summed E-state index contributed by atoms with van der Waals surface area (Å²) in [4.78, 5) is 15.4. The Labute approximate surface area is 132 Å². The van der Waals surface area contributed by atoms with E-state index in [1.807, 2.05) is 13.8 Å². The molecule has 2 N–H and O–H groups in total. The zero-order valence-electron chi connectivity index (χ0n) is 13.5. The fraction of sp³-hybridized carbons (Fsp3) is 0.667. The Morgan fingerprint density at radius 2 is 2.00 bits per heavy atom. The van der Waals surface area contributed by atoms with Crippen molar-refractivity contribution in [2.75, 3.05) is 25.9 Å². The largest absolute Gasteiger partial charge is 0.362 e. The van der Waals surface area contributed by atoms with Crippen molar-refractivity contribution < 1.29 is 13.2 Å². The lowest BCUT2D eigenvalue weighted by atomic mass is 9.97. The summed E-state index contributed by atoms with van der Waals surface area (Å²) in [6.45, 7) is 5.54. The van der Waals surface area contributed by atoms with Crippen LogP contribution < -0.4 is 5.32 Å². The zero-order chi connectivity index (χ0) is 16.3. The van der Waals surface area contributed by atoms with Crippen LogP contribution in [0.1, 0.15) is 29.8 Å². The van der Waals surface area contributed by atoms with Gasteiger partial charge in [-0.1, -0.05) is 0 Å². The van der Waals surface area contributed by atoms with Crippen molar-refractivity contribution in [3.8, 4) is 0 Å². The van der Waals surface area contributed by atoms with Gasteiger partial charge < -0.3 is 10.3 Å². The number of hydrogen-bond donors (Lipinski definition) is 2. The number of aromatic nitrogens is 1. The van der Waals surface area contributed by atoms with E-state index in [0.717, 1.165) is 17.8 Å². The summed E-state index contributed by atoms with van der Waals surface area (Å²) in [6.07, 6.45) is 3.22. The second kappa shape index (κ2) is 6.83. The van der Waals surface area contributed by atoms with Crippen LogP contribution in [0.4, 0.5) is 0 Å². The summed E-state index contributed by atoms with van der Waals surface area (Å²) >= 11 is 0. The van der Waals surface area contributed by atoms with E-state index in [2.05, 4.69) is 16.4 Å². The highest BCUT2D eigenvalue weighted by molar-refractivity contribution is 7.88. The average Bonchev–Trinajstić information content (AvgIpc) is 2.76. The molecule has 22 heavy (non-hydrogen) atoms. The summed E-state index contributed by atoms with van der Waals surface area (Å²) in [6, 6.07) is 2.10. The third-order valence-corrected chi connectivity index (χ3v) is 5.55. The van der Waals surface area contributed by atoms with Gasteiger partial charge in [0.1, 0.15) is 0 Å². The van der Waals surface area contributed by atoms with E-state index in [9.17, 15) is 13.2 Å². The molecule has 1 aromatic heterocycles.